The molecule has 40 heavy (non-hydrogen) atoms. The van der Waals surface area contributed by atoms with Gasteiger partial charge in [-0.25, -0.2) is 0 Å². The summed E-state index contributed by atoms with van der Waals surface area (Å²) in [6.07, 6.45) is 1.27. The maximum atomic E-state index is 10.3. The number of hydrogen-bond donors (Lipinski definition) is 10. The highest BCUT2D eigenvalue weighted by atomic mass is 16.3. The number of hydrogen-bond acceptors (Lipinski definition) is 10. The van der Waals surface area contributed by atoms with Crippen LogP contribution < -0.4 is 0 Å². The Morgan fingerprint density at radius 2 is 0.850 bits per heavy atom. The average Bonchev–Trinajstić information content (AvgIpc) is 2.90. The fraction of sp³-hybridized carbons (Fsp3) is 0.200. The first kappa shape index (κ1) is 27.9. The van der Waals surface area contributed by atoms with Gasteiger partial charge in [-0.05, 0) is 108 Å². The molecule has 0 aliphatic rings. The van der Waals surface area contributed by atoms with E-state index in [0.717, 1.165) is 0 Å². The van der Waals surface area contributed by atoms with Gasteiger partial charge in [-0.1, -0.05) is 12.1 Å². The van der Waals surface area contributed by atoms with Gasteiger partial charge < -0.3 is 51.1 Å². The molecule has 10 N–H and O–H groups in total. The van der Waals surface area contributed by atoms with Crippen molar-refractivity contribution in [1.82, 2.24) is 0 Å². The Balaban J connectivity index is 1.78. The van der Waals surface area contributed by atoms with Gasteiger partial charge in [0, 0.05) is 0 Å². The molecule has 10 nitrogen and oxygen atoms in total. The van der Waals surface area contributed by atoms with E-state index in [1.54, 1.807) is 12.1 Å². The lowest BCUT2D eigenvalue weighted by atomic mass is 9.75. The van der Waals surface area contributed by atoms with Crippen molar-refractivity contribution in [2.75, 3.05) is 0 Å². The lowest BCUT2D eigenvalue weighted by molar-refractivity contribution is 0.356. The van der Waals surface area contributed by atoms with Crippen molar-refractivity contribution in [2.45, 2.75) is 31.6 Å². The molecular weight excluding hydrogens is 520 g/mol. The smallest absolute Gasteiger partial charge is 0.200 e. The first-order valence-electron chi connectivity index (χ1n) is 12.4. The van der Waals surface area contributed by atoms with Crippen LogP contribution in [0.25, 0.3) is 0 Å². The number of benzene rings is 4. The molecule has 0 aliphatic carbocycles. The molecule has 4 rings (SSSR count). The summed E-state index contributed by atoms with van der Waals surface area (Å²) in [6, 6.07) is 14.0. The Morgan fingerprint density at radius 3 is 1.32 bits per heavy atom. The molecule has 0 saturated heterocycles. The third-order valence-corrected chi connectivity index (χ3v) is 7.06. The van der Waals surface area contributed by atoms with Crippen LogP contribution >= 0.6 is 0 Å². The van der Waals surface area contributed by atoms with Crippen LogP contribution in [0.5, 0.6) is 57.5 Å². The maximum Gasteiger partial charge on any atom is 0.200 e. The largest absolute Gasteiger partial charge is 0.504 e. The second-order valence-electron chi connectivity index (χ2n) is 9.85. The summed E-state index contributed by atoms with van der Waals surface area (Å²) in [6.45, 7) is 0. The van der Waals surface area contributed by atoms with Crippen LogP contribution in [-0.2, 0) is 19.3 Å². The van der Waals surface area contributed by atoms with Gasteiger partial charge in [0.2, 0.25) is 0 Å². The fourth-order valence-electron chi connectivity index (χ4n) is 4.95. The van der Waals surface area contributed by atoms with Crippen molar-refractivity contribution in [1.29, 1.82) is 0 Å². The van der Waals surface area contributed by atoms with E-state index in [1.807, 2.05) is 0 Å². The maximum absolute atomic E-state index is 10.3. The Morgan fingerprint density at radius 1 is 0.425 bits per heavy atom. The van der Waals surface area contributed by atoms with E-state index in [4.69, 9.17) is 0 Å². The molecule has 0 unspecified atom stereocenters. The first-order chi connectivity index (χ1) is 18.9. The van der Waals surface area contributed by atoms with E-state index >= 15 is 0 Å². The standard InChI is InChI=1S/C30H30O10/c31-21-5-2-15(9-23(21)33)7-18(4-1-17-11-25(35)29(39)26(36)12-17)20(8-16-3-6-22(32)24(34)10-16)19-13-27(37)30(40)28(38)14-19/h2-3,5-6,9-14,18,20,31-40H,1,4,7-8H2/t18-,20-/m1/s1. The summed E-state index contributed by atoms with van der Waals surface area (Å²) in [4.78, 5) is 0. The number of rotatable bonds is 9. The van der Waals surface area contributed by atoms with Crippen LogP contribution in [0.1, 0.15) is 34.6 Å². The fourth-order valence-corrected chi connectivity index (χ4v) is 4.95. The van der Waals surface area contributed by atoms with Gasteiger partial charge in [-0.15, -0.1) is 0 Å². The van der Waals surface area contributed by atoms with Gasteiger partial charge in [0.1, 0.15) is 0 Å². The predicted octanol–water partition coefficient (Wildman–Crippen LogP) is 4.56. The molecule has 0 radical (unpaired) electrons. The zero-order valence-corrected chi connectivity index (χ0v) is 21.2. The van der Waals surface area contributed by atoms with E-state index in [0.29, 0.717) is 41.5 Å². The van der Waals surface area contributed by atoms with Crippen molar-refractivity contribution in [3.8, 4) is 57.5 Å². The number of aryl methyl sites for hydroxylation is 1. The molecule has 0 bridgehead atoms. The van der Waals surface area contributed by atoms with E-state index in [2.05, 4.69) is 0 Å². The Kier molecular flexibility index (Phi) is 7.90. The molecule has 0 aliphatic heterocycles. The molecule has 210 valence electrons. The lowest BCUT2D eigenvalue weighted by Crippen LogP contribution is -2.19. The van der Waals surface area contributed by atoms with Crippen LogP contribution in [0, 0.1) is 5.92 Å². The SMILES string of the molecule is Oc1ccc(C[C@@H](CCc2cc(O)c(O)c(O)c2)[C@@H](Cc2ccc(O)c(O)c2)c2cc(O)c(O)c(O)c2)cc1O. The van der Waals surface area contributed by atoms with Crippen LogP contribution in [0.3, 0.4) is 0 Å². The minimum Gasteiger partial charge on any atom is -0.504 e. The van der Waals surface area contributed by atoms with Crippen LogP contribution in [0.15, 0.2) is 60.7 Å². The summed E-state index contributed by atoms with van der Waals surface area (Å²) in [7, 11) is 0. The summed E-state index contributed by atoms with van der Waals surface area (Å²) in [5.41, 5.74) is 2.24. The van der Waals surface area contributed by atoms with Gasteiger partial charge in [-0.3, -0.25) is 0 Å². The first-order valence-corrected chi connectivity index (χ1v) is 12.4. The minimum atomic E-state index is -0.681. The Bertz CT molecular complexity index is 1490. The average molecular weight is 551 g/mol. The van der Waals surface area contributed by atoms with Crippen molar-refractivity contribution < 1.29 is 51.1 Å². The minimum absolute atomic E-state index is 0.248. The van der Waals surface area contributed by atoms with E-state index in [9.17, 15) is 51.1 Å². The molecule has 0 heterocycles. The van der Waals surface area contributed by atoms with Gasteiger partial charge in [0.05, 0.1) is 0 Å². The zero-order chi connectivity index (χ0) is 29.1. The summed E-state index contributed by atoms with van der Waals surface area (Å²) in [5, 5.41) is 99.9. The van der Waals surface area contributed by atoms with Gasteiger partial charge in [0.15, 0.2) is 57.5 Å². The predicted molar refractivity (Wildman–Crippen MR) is 144 cm³/mol. The Hall–Kier alpha value is -5.12. The topological polar surface area (TPSA) is 202 Å². The highest BCUT2D eigenvalue weighted by molar-refractivity contribution is 5.53. The molecule has 0 spiro atoms. The molecule has 4 aromatic rings. The van der Waals surface area contributed by atoms with Crippen molar-refractivity contribution in [3.63, 3.8) is 0 Å². The molecule has 0 saturated carbocycles. The van der Waals surface area contributed by atoms with Crippen molar-refractivity contribution >= 4 is 0 Å². The van der Waals surface area contributed by atoms with E-state index in [-0.39, 0.29) is 35.3 Å². The number of phenols is 10. The molecule has 0 fully saturated rings. The normalized spacial score (nSPS) is 12.7. The number of phenolic OH excluding ortho intramolecular Hbond substituents is 10. The third-order valence-electron chi connectivity index (χ3n) is 7.06. The molecule has 0 aromatic heterocycles. The zero-order valence-electron chi connectivity index (χ0n) is 21.2. The highest BCUT2D eigenvalue weighted by Gasteiger charge is 2.27. The quantitative estimate of drug-likeness (QED) is 0.132. The van der Waals surface area contributed by atoms with Crippen molar-refractivity contribution in [2.24, 2.45) is 5.92 Å². The second kappa shape index (κ2) is 11.3. The van der Waals surface area contributed by atoms with Gasteiger partial charge in [-0.2, -0.15) is 0 Å². The van der Waals surface area contributed by atoms with Gasteiger partial charge in [0.25, 0.3) is 0 Å². The van der Waals surface area contributed by atoms with E-state index < -0.39 is 40.4 Å². The lowest BCUT2D eigenvalue weighted by Gasteiger charge is -2.29. The second-order valence-corrected chi connectivity index (χ2v) is 9.85. The molecule has 0 amide bonds. The number of aromatic hydroxyl groups is 10. The van der Waals surface area contributed by atoms with Crippen LogP contribution in [0.4, 0.5) is 0 Å². The third kappa shape index (κ3) is 6.12. The molecule has 10 heteroatoms. The molecule has 4 aromatic carbocycles. The van der Waals surface area contributed by atoms with Crippen LogP contribution in [0.2, 0.25) is 0 Å². The highest BCUT2D eigenvalue weighted by Crippen LogP contribution is 2.43. The summed E-state index contributed by atoms with van der Waals surface area (Å²) < 4.78 is 0. The summed E-state index contributed by atoms with van der Waals surface area (Å²) in [5.74, 6) is -5.43. The van der Waals surface area contributed by atoms with Crippen molar-refractivity contribution in [3.05, 3.63) is 82.9 Å². The molecule has 2 atom stereocenters. The summed E-state index contributed by atoms with van der Waals surface area (Å²) >= 11 is 0. The van der Waals surface area contributed by atoms with Crippen LogP contribution in [-0.4, -0.2) is 51.1 Å². The molecular formula is C30H30O10. The monoisotopic (exact) mass is 550 g/mol. The Labute approximate surface area is 229 Å². The van der Waals surface area contributed by atoms with Gasteiger partial charge >= 0.3 is 0 Å². The van der Waals surface area contributed by atoms with E-state index in [1.165, 1.54) is 48.5 Å².